The maximum atomic E-state index is 14.0. The van der Waals surface area contributed by atoms with Gasteiger partial charge in [0.1, 0.15) is 17.1 Å². The van der Waals surface area contributed by atoms with Crippen LogP contribution in [-0.4, -0.2) is 28.9 Å². The summed E-state index contributed by atoms with van der Waals surface area (Å²) in [6, 6.07) is 12.8. The van der Waals surface area contributed by atoms with Crippen molar-refractivity contribution < 1.29 is 14.0 Å². The van der Waals surface area contributed by atoms with E-state index in [1.165, 1.54) is 28.4 Å². The van der Waals surface area contributed by atoms with Gasteiger partial charge >= 0.3 is 0 Å². The van der Waals surface area contributed by atoms with E-state index < -0.39 is 11.7 Å². The molecule has 0 aliphatic heterocycles. The Morgan fingerprint density at radius 3 is 2.54 bits per heavy atom. The molecule has 3 rings (SSSR count). The van der Waals surface area contributed by atoms with Crippen molar-refractivity contribution in [2.75, 3.05) is 11.4 Å². The summed E-state index contributed by atoms with van der Waals surface area (Å²) in [6.45, 7) is 2.34. The summed E-state index contributed by atoms with van der Waals surface area (Å²) in [5.41, 5.74) is 1.38. The number of hydrogen-bond acceptors (Lipinski definition) is 5. The molecule has 0 saturated carbocycles. The van der Waals surface area contributed by atoms with Crippen LogP contribution in [0.4, 0.5) is 9.52 Å². The average Bonchev–Trinajstić information content (AvgIpc) is 3.16. The molecule has 7 heteroatoms. The third-order valence-electron chi connectivity index (χ3n) is 3.74. The van der Waals surface area contributed by atoms with Gasteiger partial charge in [0.05, 0.1) is 5.56 Å². The molecule has 0 fully saturated rings. The minimum atomic E-state index is -0.562. The largest absolute Gasteiger partial charge is 0.298 e. The van der Waals surface area contributed by atoms with Gasteiger partial charge in [-0.05, 0) is 18.6 Å². The van der Waals surface area contributed by atoms with Crippen LogP contribution in [-0.2, 0) is 0 Å². The van der Waals surface area contributed by atoms with Crippen molar-refractivity contribution in [1.29, 1.82) is 0 Å². The van der Waals surface area contributed by atoms with Crippen LogP contribution in [0.2, 0.25) is 0 Å². The van der Waals surface area contributed by atoms with Crippen LogP contribution in [0, 0.1) is 5.82 Å². The van der Waals surface area contributed by atoms with Crippen molar-refractivity contribution in [1.82, 2.24) is 10.2 Å². The fraction of sp³-hybridized carbons (Fsp3) is 0.158. The maximum absolute atomic E-state index is 14.0. The third kappa shape index (κ3) is 3.67. The Morgan fingerprint density at radius 1 is 1.15 bits per heavy atom. The van der Waals surface area contributed by atoms with Crippen molar-refractivity contribution in [2.24, 2.45) is 0 Å². The van der Waals surface area contributed by atoms with E-state index in [-0.39, 0.29) is 5.56 Å². The van der Waals surface area contributed by atoms with E-state index in [2.05, 4.69) is 10.2 Å². The predicted molar refractivity (Wildman–Crippen MR) is 99.1 cm³/mol. The van der Waals surface area contributed by atoms with Gasteiger partial charge < -0.3 is 0 Å². The second-order valence-corrected chi connectivity index (χ2v) is 6.52. The summed E-state index contributed by atoms with van der Waals surface area (Å²) in [5.74, 6) is -1.00. The molecule has 0 unspecified atom stereocenters. The zero-order valence-corrected chi connectivity index (χ0v) is 14.9. The number of aldehydes is 1. The number of amides is 1. The van der Waals surface area contributed by atoms with E-state index in [9.17, 15) is 14.0 Å². The summed E-state index contributed by atoms with van der Waals surface area (Å²) in [6.07, 6.45) is 1.47. The average molecular weight is 369 g/mol. The number of aromatic nitrogens is 2. The summed E-state index contributed by atoms with van der Waals surface area (Å²) < 4.78 is 14.0. The SMILES string of the molecule is CCCN(C(=O)c1ccccc1F)c1nnc(-c2ccc(C=O)cc2)s1. The third-order valence-corrected chi connectivity index (χ3v) is 4.73. The number of carbonyl (C=O) groups is 2. The standard InChI is InChI=1S/C19H16FN3O2S/c1-2-11-23(18(25)15-5-3-4-6-16(15)20)19-22-21-17(26-19)14-9-7-13(12-24)8-10-14/h3-10,12H,2,11H2,1H3. The second kappa shape index (κ2) is 7.97. The Bertz CT molecular complexity index is 925. The van der Waals surface area contributed by atoms with E-state index in [0.717, 1.165) is 11.8 Å². The molecule has 26 heavy (non-hydrogen) atoms. The first kappa shape index (κ1) is 17.9. The Hall–Kier alpha value is -2.93. The van der Waals surface area contributed by atoms with Crippen LogP contribution in [0.25, 0.3) is 10.6 Å². The van der Waals surface area contributed by atoms with Crippen molar-refractivity contribution in [3.63, 3.8) is 0 Å². The van der Waals surface area contributed by atoms with Gasteiger partial charge in [-0.25, -0.2) is 4.39 Å². The maximum Gasteiger partial charge on any atom is 0.263 e. The van der Waals surface area contributed by atoms with Gasteiger partial charge in [0.2, 0.25) is 5.13 Å². The summed E-state index contributed by atoms with van der Waals surface area (Å²) in [5, 5.41) is 9.28. The molecule has 1 aromatic heterocycles. The molecule has 1 amide bonds. The highest BCUT2D eigenvalue weighted by atomic mass is 32.1. The first-order valence-corrected chi connectivity index (χ1v) is 8.91. The van der Waals surface area contributed by atoms with Crippen LogP contribution >= 0.6 is 11.3 Å². The van der Waals surface area contributed by atoms with Crippen LogP contribution in [0.3, 0.4) is 0 Å². The minimum absolute atomic E-state index is 0.00744. The second-order valence-electron chi connectivity index (χ2n) is 5.57. The molecule has 5 nitrogen and oxygen atoms in total. The molecule has 0 aliphatic rings. The lowest BCUT2D eigenvalue weighted by molar-refractivity contribution is 0.0982. The highest BCUT2D eigenvalue weighted by Crippen LogP contribution is 2.30. The number of halogens is 1. The molecule has 0 bridgehead atoms. The molecule has 132 valence electrons. The smallest absolute Gasteiger partial charge is 0.263 e. The van der Waals surface area contributed by atoms with E-state index >= 15 is 0 Å². The topological polar surface area (TPSA) is 63.2 Å². The molecule has 0 radical (unpaired) electrons. The Balaban J connectivity index is 1.91. The van der Waals surface area contributed by atoms with E-state index in [1.807, 2.05) is 6.92 Å². The van der Waals surface area contributed by atoms with Crippen LogP contribution < -0.4 is 4.90 Å². The molecular weight excluding hydrogens is 353 g/mol. The van der Waals surface area contributed by atoms with Crippen molar-refractivity contribution >= 4 is 28.7 Å². The molecule has 0 spiro atoms. The highest BCUT2D eigenvalue weighted by Gasteiger charge is 2.23. The summed E-state index contributed by atoms with van der Waals surface area (Å²) in [7, 11) is 0. The monoisotopic (exact) mass is 369 g/mol. The van der Waals surface area contributed by atoms with Crippen LogP contribution in [0.1, 0.15) is 34.1 Å². The first-order chi connectivity index (χ1) is 12.6. The predicted octanol–water partition coefficient (Wildman–Crippen LogP) is 4.21. The molecular formula is C19H16FN3O2S. The Labute approximate surface area is 154 Å². The Kier molecular flexibility index (Phi) is 5.48. The van der Waals surface area contributed by atoms with Crippen molar-refractivity contribution in [3.05, 3.63) is 65.5 Å². The number of carbonyl (C=O) groups excluding carboxylic acids is 2. The van der Waals surface area contributed by atoms with Gasteiger partial charge in [-0.15, -0.1) is 10.2 Å². The normalized spacial score (nSPS) is 10.5. The molecule has 1 heterocycles. The fourth-order valence-electron chi connectivity index (χ4n) is 2.43. The van der Waals surface area contributed by atoms with Crippen LogP contribution in [0.5, 0.6) is 0 Å². The first-order valence-electron chi connectivity index (χ1n) is 8.09. The van der Waals surface area contributed by atoms with E-state index in [0.29, 0.717) is 28.7 Å². The fourth-order valence-corrected chi connectivity index (χ4v) is 3.31. The zero-order valence-electron chi connectivity index (χ0n) is 14.1. The summed E-state index contributed by atoms with van der Waals surface area (Å²) >= 11 is 1.25. The van der Waals surface area contributed by atoms with E-state index in [4.69, 9.17) is 0 Å². The molecule has 3 aromatic rings. The number of nitrogens with zero attached hydrogens (tertiary/aromatic N) is 3. The highest BCUT2D eigenvalue weighted by molar-refractivity contribution is 7.18. The minimum Gasteiger partial charge on any atom is -0.298 e. The lowest BCUT2D eigenvalue weighted by atomic mass is 10.2. The number of rotatable bonds is 6. The molecule has 2 aromatic carbocycles. The van der Waals surface area contributed by atoms with Crippen molar-refractivity contribution in [2.45, 2.75) is 13.3 Å². The van der Waals surface area contributed by atoms with Crippen LogP contribution in [0.15, 0.2) is 48.5 Å². The van der Waals surface area contributed by atoms with E-state index in [1.54, 1.807) is 36.4 Å². The van der Waals surface area contributed by atoms with Gasteiger partial charge in [0.15, 0.2) is 0 Å². The molecule has 0 N–H and O–H groups in total. The number of hydrogen-bond donors (Lipinski definition) is 0. The lowest BCUT2D eigenvalue weighted by Crippen LogP contribution is -2.32. The van der Waals surface area contributed by atoms with Gasteiger partial charge in [-0.2, -0.15) is 0 Å². The molecule has 0 aliphatic carbocycles. The number of anilines is 1. The molecule has 0 saturated heterocycles. The number of benzene rings is 2. The van der Waals surface area contributed by atoms with Gasteiger partial charge in [0, 0.05) is 17.7 Å². The van der Waals surface area contributed by atoms with Crippen molar-refractivity contribution in [3.8, 4) is 10.6 Å². The zero-order chi connectivity index (χ0) is 18.5. The van der Waals surface area contributed by atoms with Gasteiger partial charge in [0.25, 0.3) is 5.91 Å². The lowest BCUT2D eigenvalue weighted by Gasteiger charge is -2.18. The Morgan fingerprint density at radius 2 is 1.88 bits per heavy atom. The molecule has 0 atom stereocenters. The summed E-state index contributed by atoms with van der Waals surface area (Å²) in [4.78, 5) is 25.0. The van der Waals surface area contributed by atoms with Gasteiger partial charge in [-0.3, -0.25) is 14.5 Å². The quantitative estimate of drug-likeness (QED) is 0.611. The van der Waals surface area contributed by atoms with Gasteiger partial charge in [-0.1, -0.05) is 54.7 Å².